The fraction of sp³-hybridized carbons (Fsp3) is 0.278. The lowest BCUT2D eigenvalue weighted by atomic mass is 9.59. The Bertz CT molecular complexity index is 692. The third-order valence-electron chi connectivity index (χ3n) is 4.85. The van der Waals surface area contributed by atoms with Gasteiger partial charge >= 0.3 is 5.97 Å². The Morgan fingerprint density at radius 2 is 1.52 bits per heavy atom. The van der Waals surface area contributed by atoms with Crippen molar-refractivity contribution in [2.75, 3.05) is 7.11 Å². The van der Waals surface area contributed by atoms with Crippen LogP contribution in [0.2, 0.25) is 0 Å². The minimum absolute atomic E-state index is 0.0161. The number of ether oxygens (including phenoxy) is 1. The van der Waals surface area contributed by atoms with Crippen LogP contribution >= 0.6 is 15.9 Å². The van der Waals surface area contributed by atoms with Gasteiger partial charge in [0.2, 0.25) is 0 Å². The van der Waals surface area contributed by atoms with E-state index >= 15 is 0 Å². The number of hydrogen-bond acceptors (Lipinski definition) is 2. The molecule has 3 aliphatic carbocycles. The van der Waals surface area contributed by atoms with Gasteiger partial charge in [0, 0.05) is 11.8 Å². The highest BCUT2D eigenvalue weighted by atomic mass is 79.9. The van der Waals surface area contributed by atoms with Gasteiger partial charge in [0.15, 0.2) is 0 Å². The first-order valence-electron chi connectivity index (χ1n) is 7.12. The summed E-state index contributed by atoms with van der Waals surface area (Å²) in [5.74, 6) is 0.0877. The highest BCUT2D eigenvalue weighted by Gasteiger charge is 2.56. The first-order chi connectivity index (χ1) is 10.2. The summed E-state index contributed by atoms with van der Waals surface area (Å²) in [5, 5.41) is 0. The number of benzene rings is 2. The molecule has 0 aliphatic heterocycles. The minimum Gasteiger partial charge on any atom is -0.468 e. The highest BCUT2D eigenvalue weighted by molar-refractivity contribution is 9.10. The summed E-state index contributed by atoms with van der Waals surface area (Å²) in [7, 11) is 1.46. The Balaban J connectivity index is 2.01. The average Bonchev–Trinajstić information content (AvgIpc) is 2.54. The maximum Gasteiger partial charge on any atom is 0.323 e. The summed E-state index contributed by atoms with van der Waals surface area (Å²) in [6.45, 7) is 0. The summed E-state index contributed by atoms with van der Waals surface area (Å²) in [4.78, 5) is 12.4. The minimum atomic E-state index is -0.658. The Kier molecular flexibility index (Phi) is 2.77. The summed E-state index contributed by atoms with van der Waals surface area (Å²) < 4.78 is 4.43. The van der Waals surface area contributed by atoms with Gasteiger partial charge in [-0.15, -0.1) is 0 Å². The van der Waals surface area contributed by atoms with Crippen LogP contribution in [0.4, 0.5) is 0 Å². The van der Waals surface area contributed by atoms with E-state index in [0.29, 0.717) is 0 Å². The zero-order valence-electron chi connectivity index (χ0n) is 11.7. The van der Waals surface area contributed by atoms with Crippen molar-refractivity contribution in [3.63, 3.8) is 0 Å². The lowest BCUT2D eigenvalue weighted by molar-refractivity contribution is -0.144. The Morgan fingerprint density at radius 3 is 2.00 bits per heavy atom. The number of hydrogen-bond donors (Lipinski definition) is 0. The van der Waals surface area contributed by atoms with Gasteiger partial charge in [0.25, 0.3) is 0 Å². The summed E-state index contributed by atoms with van der Waals surface area (Å²) in [5.41, 5.74) is 5.19. The standard InChI is InChI=1S/C18H15BrO2/c1-21-17(20)18(19)10-15-11-6-2-4-8-13(11)16(18)14-9-5-3-7-12(14)15/h2-9,15-16H,10H2,1H3. The molecule has 21 heavy (non-hydrogen) atoms. The van der Waals surface area contributed by atoms with Crippen LogP contribution in [-0.4, -0.2) is 17.4 Å². The zero-order valence-corrected chi connectivity index (χ0v) is 13.3. The zero-order chi connectivity index (χ0) is 14.6. The first-order valence-corrected chi connectivity index (χ1v) is 7.91. The molecule has 1 atom stereocenters. The third kappa shape index (κ3) is 1.61. The number of esters is 1. The van der Waals surface area contributed by atoms with Crippen LogP contribution in [0.25, 0.3) is 0 Å². The molecule has 0 saturated carbocycles. The molecule has 0 N–H and O–H groups in total. The topological polar surface area (TPSA) is 26.3 Å². The van der Waals surface area contributed by atoms with E-state index in [9.17, 15) is 4.79 Å². The van der Waals surface area contributed by atoms with Crippen molar-refractivity contribution in [2.24, 2.45) is 0 Å². The molecular formula is C18H15BrO2. The van der Waals surface area contributed by atoms with E-state index in [1.165, 1.54) is 29.4 Å². The maximum absolute atomic E-state index is 12.4. The fourth-order valence-electron chi connectivity index (χ4n) is 4.02. The van der Waals surface area contributed by atoms with Crippen molar-refractivity contribution in [3.05, 3.63) is 70.8 Å². The second-order valence-electron chi connectivity index (χ2n) is 5.80. The molecule has 0 amide bonds. The van der Waals surface area contributed by atoms with Crippen LogP contribution in [-0.2, 0) is 9.53 Å². The SMILES string of the molecule is COC(=O)C1(Br)CC2c3ccccc3C1c1ccccc12. The predicted molar refractivity (Wildman–Crippen MR) is 84.9 cm³/mol. The van der Waals surface area contributed by atoms with Gasteiger partial charge in [-0.3, -0.25) is 4.79 Å². The van der Waals surface area contributed by atoms with E-state index in [0.717, 1.165) is 6.42 Å². The molecule has 106 valence electrons. The largest absolute Gasteiger partial charge is 0.468 e. The Morgan fingerprint density at radius 1 is 1.05 bits per heavy atom. The van der Waals surface area contributed by atoms with Crippen molar-refractivity contribution in [3.8, 4) is 0 Å². The number of carbonyl (C=O) groups excluding carboxylic acids is 1. The molecule has 2 aromatic rings. The van der Waals surface area contributed by atoms with Crippen LogP contribution < -0.4 is 0 Å². The van der Waals surface area contributed by atoms with Gasteiger partial charge < -0.3 is 4.74 Å². The molecule has 0 aromatic heterocycles. The fourth-order valence-corrected chi connectivity index (χ4v) is 4.99. The van der Waals surface area contributed by atoms with Gasteiger partial charge in [-0.05, 0) is 28.7 Å². The number of fused-ring (bicyclic) bond motifs is 1. The van der Waals surface area contributed by atoms with Crippen molar-refractivity contribution in [1.29, 1.82) is 0 Å². The number of alkyl halides is 1. The van der Waals surface area contributed by atoms with Crippen molar-refractivity contribution < 1.29 is 9.53 Å². The summed E-state index contributed by atoms with van der Waals surface area (Å²) in [6.07, 6.45) is 0.748. The van der Waals surface area contributed by atoms with Crippen LogP contribution in [0.15, 0.2) is 48.5 Å². The van der Waals surface area contributed by atoms with Crippen molar-refractivity contribution in [2.45, 2.75) is 22.6 Å². The molecule has 5 rings (SSSR count). The number of halogens is 1. The third-order valence-corrected chi connectivity index (χ3v) is 5.95. The second kappa shape index (κ2) is 4.44. The van der Waals surface area contributed by atoms with E-state index in [4.69, 9.17) is 4.74 Å². The molecule has 0 saturated heterocycles. The summed E-state index contributed by atoms with van der Waals surface area (Å²) >= 11 is 3.74. The van der Waals surface area contributed by atoms with Gasteiger partial charge in [-0.1, -0.05) is 64.5 Å². The van der Waals surface area contributed by atoms with Gasteiger partial charge in [0.1, 0.15) is 4.32 Å². The Hall–Kier alpha value is -1.61. The van der Waals surface area contributed by atoms with Gasteiger partial charge in [-0.2, -0.15) is 0 Å². The van der Waals surface area contributed by atoms with Crippen LogP contribution in [0.3, 0.4) is 0 Å². The molecule has 0 radical (unpaired) electrons. The second-order valence-corrected chi connectivity index (χ2v) is 7.22. The molecule has 3 heteroatoms. The molecule has 0 heterocycles. The number of methoxy groups -OCH3 is 1. The van der Waals surface area contributed by atoms with Crippen LogP contribution in [0, 0.1) is 0 Å². The van der Waals surface area contributed by atoms with Gasteiger partial charge in [-0.25, -0.2) is 0 Å². The van der Waals surface area contributed by atoms with Gasteiger partial charge in [0.05, 0.1) is 7.11 Å². The van der Waals surface area contributed by atoms with E-state index in [2.05, 4.69) is 52.3 Å². The normalized spacial score (nSPS) is 28.7. The lowest BCUT2D eigenvalue weighted by Gasteiger charge is -2.48. The quantitative estimate of drug-likeness (QED) is 0.578. The van der Waals surface area contributed by atoms with E-state index in [1.54, 1.807) is 0 Å². The molecule has 2 bridgehead atoms. The maximum atomic E-state index is 12.4. The molecule has 2 nitrogen and oxygen atoms in total. The molecular weight excluding hydrogens is 328 g/mol. The number of rotatable bonds is 1. The van der Waals surface area contributed by atoms with Crippen LogP contribution in [0.1, 0.15) is 40.5 Å². The summed E-state index contributed by atoms with van der Waals surface area (Å²) in [6, 6.07) is 16.9. The smallest absolute Gasteiger partial charge is 0.323 e. The van der Waals surface area contributed by atoms with Crippen molar-refractivity contribution >= 4 is 21.9 Å². The molecule has 2 aromatic carbocycles. The average molecular weight is 343 g/mol. The predicted octanol–water partition coefficient (Wildman–Crippen LogP) is 3.97. The number of carbonyl (C=O) groups is 1. The molecule has 3 aliphatic rings. The first kappa shape index (κ1) is 13.1. The molecule has 0 fully saturated rings. The van der Waals surface area contributed by atoms with Crippen LogP contribution in [0.5, 0.6) is 0 Å². The Labute approximate surface area is 132 Å². The molecule has 1 unspecified atom stereocenters. The molecule has 0 spiro atoms. The van der Waals surface area contributed by atoms with E-state index < -0.39 is 4.32 Å². The lowest BCUT2D eigenvalue weighted by Crippen LogP contribution is -2.48. The van der Waals surface area contributed by atoms with E-state index in [-0.39, 0.29) is 17.8 Å². The highest BCUT2D eigenvalue weighted by Crippen LogP contribution is 2.60. The van der Waals surface area contributed by atoms with E-state index in [1.807, 2.05) is 12.1 Å². The monoisotopic (exact) mass is 342 g/mol. The van der Waals surface area contributed by atoms with Crippen molar-refractivity contribution in [1.82, 2.24) is 0 Å².